The molecule has 3 nitrogen and oxygen atoms in total. The van der Waals surface area contributed by atoms with Crippen LogP contribution in [0.15, 0.2) is 18.5 Å². The molecule has 0 radical (unpaired) electrons. The summed E-state index contributed by atoms with van der Waals surface area (Å²) in [4.78, 5) is 3.99. The molecule has 2 rings (SSSR count). The van der Waals surface area contributed by atoms with E-state index in [2.05, 4.69) is 29.3 Å². The van der Waals surface area contributed by atoms with Gasteiger partial charge in [0.2, 0.25) is 0 Å². The fraction of sp³-hybridized carbons (Fsp3) is 0.583. The second-order valence-electron chi connectivity index (χ2n) is 4.50. The zero-order valence-corrected chi connectivity index (χ0v) is 10.5. The van der Waals surface area contributed by atoms with Crippen LogP contribution in [-0.2, 0) is 0 Å². The monoisotopic (exact) mass is 239 g/mol. The van der Waals surface area contributed by atoms with Gasteiger partial charge in [0.1, 0.15) is 0 Å². The molecule has 0 aromatic carbocycles. The van der Waals surface area contributed by atoms with Gasteiger partial charge in [0.05, 0.1) is 10.7 Å². The van der Waals surface area contributed by atoms with E-state index < -0.39 is 0 Å². The summed E-state index contributed by atoms with van der Waals surface area (Å²) < 4.78 is 0. The molecule has 0 amide bonds. The van der Waals surface area contributed by atoms with Crippen LogP contribution in [0, 0.1) is 0 Å². The first kappa shape index (κ1) is 11.7. The van der Waals surface area contributed by atoms with Gasteiger partial charge >= 0.3 is 0 Å². The van der Waals surface area contributed by atoms with E-state index >= 15 is 0 Å². The van der Waals surface area contributed by atoms with Gasteiger partial charge in [-0.05, 0) is 32.8 Å². The number of piperidine rings is 1. The molecule has 0 aliphatic carbocycles. The minimum absolute atomic E-state index is 0.549. The van der Waals surface area contributed by atoms with Gasteiger partial charge in [-0.2, -0.15) is 0 Å². The Morgan fingerprint density at radius 3 is 2.69 bits per heavy atom. The van der Waals surface area contributed by atoms with E-state index in [1.165, 1.54) is 19.3 Å². The summed E-state index contributed by atoms with van der Waals surface area (Å²) in [5, 5.41) is 2.97. The van der Waals surface area contributed by atoms with E-state index in [0.29, 0.717) is 17.1 Å². The Morgan fingerprint density at radius 1 is 1.38 bits per heavy atom. The van der Waals surface area contributed by atoms with Crippen molar-refractivity contribution in [1.82, 2.24) is 9.99 Å². The van der Waals surface area contributed by atoms with Crippen molar-refractivity contribution in [1.29, 1.82) is 0 Å². The second kappa shape index (κ2) is 5.02. The third kappa shape index (κ3) is 2.47. The molecule has 1 saturated heterocycles. The number of hydrazine groups is 1. The van der Waals surface area contributed by atoms with Gasteiger partial charge < -0.3 is 5.43 Å². The van der Waals surface area contributed by atoms with E-state index in [9.17, 15) is 0 Å². The number of nitrogens with zero attached hydrogens (tertiary/aromatic N) is 2. The van der Waals surface area contributed by atoms with Gasteiger partial charge in [0.15, 0.2) is 0 Å². The number of nitrogens with one attached hydrogen (secondary N) is 1. The molecule has 1 aromatic heterocycles. The Bertz CT molecular complexity index is 346. The summed E-state index contributed by atoms with van der Waals surface area (Å²) in [5.41, 5.74) is 4.35. The van der Waals surface area contributed by atoms with Gasteiger partial charge in [-0.25, -0.2) is 5.01 Å². The van der Waals surface area contributed by atoms with Crippen LogP contribution in [0.2, 0.25) is 5.02 Å². The molecule has 88 valence electrons. The molecule has 1 aliphatic heterocycles. The van der Waals surface area contributed by atoms with Crippen molar-refractivity contribution >= 4 is 17.3 Å². The second-order valence-corrected chi connectivity index (χ2v) is 4.91. The number of hydrogen-bond donors (Lipinski definition) is 1. The molecule has 4 heteroatoms. The lowest BCUT2D eigenvalue weighted by Gasteiger charge is -2.39. The first-order chi connectivity index (χ1) is 7.68. The van der Waals surface area contributed by atoms with Crippen LogP contribution in [-0.4, -0.2) is 22.1 Å². The van der Waals surface area contributed by atoms with Crippen LogP contribution in [0.4, 0.5) is 5.69 Å². The minimum atomic E-state index is 0.549. The molecular weight excluding hydrogens is 222 g/mol. The molecule has 0 bridgehead atoms. The zero-order valence-electron chi connectivity index (χ0n) is 9.78. The predicted octanol–water partition coefficient (Wildman–Crippen LogP) is 3.32. The Morgan fingerprint density at radius 2 is 2.06 bits per heavy atom. The normalized spacial score (nSPS) is 26.7. The fourth-order valence-electron chi connectivity index (χ4n) is 2.25. The zero-order chi connectivity index (χ0) is 11.5. The van der Waals surface area contributed by atoms with E-state index in [1.807, 2.05) is 6.07 Å². The topological polar surface area (TPSA) is 28.2 Å². The summed E-state index contributed by atoms with van der Waals surface area (Å²) >= 11 is 6.09. The highest BCUT2D eigenvalue weighted by atomic mass is 35.5. The maximum Gasteiger partial charge on any atom is 0.0833 e. The van der Waals surface area contributed by atoms with Gasteiger partial charge in [-0.15, -0.1) is 0 Å². The van der Waals surface area contributed by atoms with Crippen LogP contribution >= 0.6 is 11.6 Å². The predicted molar refractivity (Wildman–Crippen MR) is 67.5 cm³/mol. The standard InChI is InChI=1S/C12H18ClN3/c1-9-4-3-5-10(2)16(9)15-12-6-7-14-8-11(12)13/h6-10H,3-5H2,1-2H3,(H,14,15). The van der Waals surface area contributed by atoms with E-state index in [-0.39, 0.29) is 0 Å². The third-order valence-corrected chi connectivity index (χ3v) is 3.52. The molecule has 2 atom stereocenters. The minimum Gasteiger partial charge on any atom is -0.317 e. The molecule has 1 aromatic rings. The van der Waals surface area contributed by atoms with Crippen LogP contribution in [0.5, 0.6) is 0 Å². The Hall–Kier alpha value is -0.800. The van der Waals surface area contributed by atoms with Crippen molar-refractivity contribution < 1.29 is 0 Å². The van der Waals surface area contributed by atoms with Gasteiger partial charge in [0.25, 0.3) is 0 Å². The van der Waals surface area contributed by atoms with E-state index in [4.69, 9.17) is 11.6 Å². The highest BCUT2D eigenvalue weighted by Gasteiger charge is 2.24. The number of aromatic nitrogens is 1. The maximum atomic E-state index is 6.09. The molecule has 2 heterocycles. The van der Waals surface area contributed by atoms with Crippen molar-refractivity contribution in [2.24, 2.45) is 0 Å². The maximum absolute atomic E-state index is 6.09. The lowest BCUT2D eigenvalue weighted by molar-refractivity contribution is 0.136. The number of anilines is 1. The summed E-state index contributed by atoms with van der Waals surface area (Å²) in [6, 6.07) is 3.01. The van der Waals surface area contributed by atoms with Crippen LogP contribution in [0.3, 0.4) is 0 Å². The molecule has 0 spiro atoms. The first-order valence-corrected chi connectivity index (χ1v) is 6.21. The largest absolute Gasteiger partial charge is 0.317 e. The van der Waals surface area contributed by atoms with Gasteiger partial charge in [-0.1, -0.05) is 18.0 Å². The summed E-state index contributed by atoms with van der Waals surface area (Å²) in [7, 11) is 0. The fourth-order valence-corrected chi connectivity index (χ4v) is 2.41. The number of pyridine rings is 1. The lowest BCUT2D eigenvalue weighted by Crippen LogP contribution is -2.47. The molecule has 0 saturated carbocycles. The number of rotatable bonds is 2. The average molecular weight is 240 g/mol. The Labute approximate surface area is 102 Å². The van der Waals surface area contributed by atoms with E-state index in [0.717, 1.165) is 5.69 Å². The Balaban J connectivity index is 2.11. The summed E-state index contributed by atoms with van der Waals surface area (Å²) in [5.74, 6) is 0. The van der Waals surface area contributed by atoms with Crippen LogP contribution in [0.25, 0.3) is 0 Å². The van der Waals surface area contributed by atoms with Crippen molar-refractivity contribution in [3.63, 3.8) is 0 Å². The Kier molecular flexibility index (Phi) is 3.66. The quantitative estimate of drug-likeness (QED) is 0.858. The highest BCUT2D eigenvalue weighted by molar-refractivity contribution is 6.33. The third-order valence-electron chi connectivity index (χ3n) is 3.22. The first-order valence-electron chi connectivity index (χ1n) is 5.83. The van der Waals surface area contributed by atoms with Crippen LogP contribution < -0.4 is 5.43 Å². The number of halogens is 1. The van der Waals surface area contributed by atoms with Crippen molar-refractivity contribution in [2.75, 3.05) is 5.43 Å². The van der Waals surface area contributed by atoms with Gasteiger partial charge in [-0.3, -0.25) is 4.98 Å². The lowest BCUT2D eigenvalue weighted by atomic mass is 10.00. The summed E-state index contributed by atoms with van der Waals surface area (Å²) in [6.07, 6.45) is 7.21. The molecule has 1 aliphatic rings. The smallest absolute Gasteiger partial charge is 0.0833 e. The molecule has 2 unspecified atom stereocenters. The average Bonchev–Trinajstić information content (AvgIpc) is 2.26. The molecule has 1 fully saturated rings. The molecule has 16 heavy (non-hydrogen) atoms. The highest BCUT2D eigenvalue weighted by Crippen LogP contribution is 2.26. The molecular formula is C12H18ClN3. The van der Waals surface area contributed by atoms with E-state index in [1.54, 1.807) is 12.4 Å². The van der Waals surface area contributed by atoms with Crippen LogP contribution in [0.1, 0.15) is 33.1 Å². The van der Waals surface area contributed by atoms with Crippen molar-refractivity contribution in [3.05, 3.63) is 23.5 Å². The van der Waals surface area contributed by atoms with Crippen molar-refractivity contribution in [2.45, 2.75) is 45.2 Å². The summed E-state index contributed by atoms with van der Waals surface area (Å²) in [6.45, 7) is 4.50. The molecule has 1 N–H and O–H groups in total. The number of hydrogen-bond acceptors (Lipinski definition) is 3. The van der Waals surface area contributed by atoms with Crippen molar-refractivity contribution in [3.8, 4) is 0 Å². The van der Waals surface area contributed by atoms with Gasteiger partial charge in [0, 0.05) is 24.5 Å². The SMILES string of the molecule is CC1CCCC(C)N1Nc1ccncc1Cl.